The van der Waals surface area contributed by atoms with E-state index < -0.39 is 0 Å². The topological polar surface area (TPSA) is 75.9 Å². The quantitative estimate of drug-likeness (QED) is 0.857. The highest BCUT2D eigenvalue weighted by molar-refractivity contribution is 7.11. The average molecular weight is 363 g/mol. The predicted octanol–water partition coefficient (Wildman–Crippen LogP) is 2.58. The van der Waals surface area contributed by atoms with Crippen LogP contribution < -0.4 is 5.32 Å². The molecule has 1 aliphatic carbocycles. The van der Waals surface area contributed by atoms with Crippen molar-refractivity contribution in [3.63, 3.8) is 0 Å². The van der Waals surface area contributed by atoms with E-state index in [2.05, 4.69) is 29.4 Å². The SMILES string of the molecule is CC(C)n1cnnc1CN(C)C(=O)NCCc1nc2c(s1)CCCC2. The molecule has 2 heterocycles. The minimum absolute atomic E-state index is 0.0976. The highest BCUT2D eigenvalue weighted by atomic mass is 32.1. The first kappa shape index (κ1) is 17.8. The molecule has 0 atom stereocenters. The fraction of sp³-hybridized carbons (Fsp3) is 0.647. The highest BCUT2D eigenvalue weighted by Crippen LogP contribution is 2.26. The van der Waals surface area contributed by atoms with Crippen molar-refractivity contribution >= 4 is 17.4 Å². The maximum Gasteiger partial charge on any atom is 0.317 e. The molecule has 0 saturated heterocycles. The van der Waals surface area contributed by atoms with Gasteiger partial charge in [-0.2, -0.15) is 0 Å². The van der Waals surface area contributed by atoms with Gasteiger partial charge in [0.1, 0.15) is 6.33 Å². The third-order valence-electron chi connectivity index (χ3n) is 4.43. The van der Waals surface area contributed by atoms with Gasteiger partial charge in [-0.25, -0.2) is 9.78 Å². The molecular weight excluding hydrogens is 336 g/mol. The molecule has 8 heteroatoms. The number of nitrogens with one attached hydrogen (secondary N) is 1. The molecule has 1 aliphatic rings. The van der Waals surface area contributed by atoms with Crippen LogP contribution in [-0.4, -0.2) is 44.3 Å². The van der Waals surface area contributed by atoms with Crippen LogP contribution in [-0.2, 0) is 25.8 Å². The Kier molecular flexibility index (Phi) is 5.67. The number of amides is 2. The third kappa shape index (κ3) is 4.36. The van der Waals surface area contributed by atoms with Gasteiger partial charge in [-0.1, -0.05) is 0 Å². The van der Waals surface area contributed by atoms with Gasteiger partial charge < -0.3 is 14.8 Å². The first-order chi connectivity index (χ1) is 12.0. The molecule has 0 aromatic carbocycles. The largest absolute Gasteiger partial charge is 0.338 e. The molecular formula is C17H26N6OS. The number of nitrogens with zero attached hydrogens (tertiary/aromatic N) is 5. The second kappa shape index (κ2) is 7.95. The number of thiazole rings is 1. The van der Waals surface area contributed by atoms with Crippen LogP contribution in [0.3, 0.4) is 0 Å². The molecule has 0 radical (unpaired) electrons. The Balaban J connectivity index is 1.47. The van der Waals surface area contributed by atoms with Crippen molar-refractivity contribution in [2.24, 2.45) is 0 Å². The van der Waals surface area contributed by atoms with E-state index in [1.165, 1.54) is 29.8 Å². The van der Waals surface area contributed by atoms with E-state index in [9.17, 15) is 4.79 Å². The van der Waals surface area contributed by atoms with Crippen LogP contribution in [0.5, 0.6) is 0 Å². The maximum atomic E-state index is 12.3. The molecule has 2 amide bonds. The molecule has 3 rings (SSSR count). The molecule has 136 valence electrons. The van der Waals surface area contributed by atoms with Crippen molar-refractivity contribution in [3.8, 4) is 0 Å². The Morgan fingerprint density at radius 2 is 2.20 bits per heavy atom. The first-order valence-corrected chi connectivity index (χ1v) is 9.71. The van der Waals surface area contributed by atoms with Gasteiger partial charge in [0, 0.05) is 30.9 Å². The summed E-state index contributed by atoms with van der Waals surface area (Å²) >= 11 is 1.81. The molecule has 1 N–H and O–H groups in total. The lowest BCUT2D eigenvalue weighted by Gasteiger charge is -2.18. The first-order valence-electron chi connectivity index (χ1n) is 8.89. The summed E-state index contributed by atoms with van der Waals surface area (Å²) in [4.78, 5) is 20.1. The highest BCUT2D eigenvalue weighted by Gasteiger charge is 2.16. The monoisotopic (exact) mass is 362 g/mol. The van der Waals surface area contributed by atoms with Crippen molar-refractivity contribution in [2.75, 3.05) is 13.6 Å². The molecule has 0 fully saturated rings. The molecule has 2 aromatic rings. The Hall–Kier alpha value is -1.96. The number of aryl methyl sites for hydroxylation is 2. The normalized spacial score (nSPS) is 13.8. The smallest absolute Gasteiger partial charge is 0.317 e. The van der Waals surface area contributed by atoms with Crippen molar-refractivity contribution in [1.29, 1.82) is 0 Å². The van der Waals surface area contributed by atoms with E-state index in [1.54, 1.807) is 29.6 Å². The fourth-order valence-corrected chi connectivity index (χ4v) is 4.17. The summed E-state index contributed by atoms with van der Waals surface area (Å²) in [5.74, 6) is 0.792. The summed E-state index contributed by atoms with van der Waals surface area (Å²) in [6, 6.07) is 0.178. The van der Waals surface area contributed by atoms with Crippen molar-refractivity contribution in [2.45, 2.75) is 58.5 Å². The van der Waals surface area contributed by atoms with Crippen LogP contribution in [0.1, 0.15) is 54.1 Å². The van der Waals surface area contributed by atoms with Crippen LogP contribution in [0.4, 0.5) is 4.79 Å². The summed E-state index contributed by atoms with van der Waals surface area (Å²) in [5, 5.41) is 12.1. The zero-order chi connectivity index (χ0) is 17.8. The van der Waals surface area contributed by atoms with Gasteiger partial charge >= 0.3 is 6.03 Å². The molecule has 0 unspecified atom stereocenters. The summed E-state index contributed by atoms with van der Waals surface area (Å²) in [5.41, 5.74) is 1.28. The zero-order valence-corrected chi connectivity index (χ0v) is 16.0. The molecule has 0 bridgehead atoms. The lowest BCUT2D eigenvalue weighted by Crippen LogP contribution is -2.38. The Morgan fingerprint density at radius 1 is 1.40 bits per heavy atom. The molecule has 25 heavy (non-hydrogen) atoms. The standard InChI is InChI=1S/C17H26N6OS/c1-12(2)23-11-19-21-15(23)10-22(3)17(24)18-9-8-16-20-13-6-4-5-7-14(13)25-16/h11-12H,4-10H2,1-3H3,(H,18,24). The van der Waals surface area contributed by atoms with Gasteiger partial charge in [0.05, 0.1) is 17.2 Å². The van der Waals surface area contributed by atoms with Gasteiger partial charge in [0.15, 0.2) is 5.82 Å². The number of urea groups is 1. The van der Waals surface area contributed by atoms with E-state index in [4.69, 9.17) is 4.98 Å². The number of fused-ring (bicyclic) bond motifs is 1. The van der Waals surface area contributed by atoms with Crippen LogP contribution in [0.25, 0.3) is 0 Å². The van der Waals surface area contributed by atoms with E-state index in [1.807, 2.05) is 4.57 Å². The number of aromatic nitrogens is 4. The Bertz CT molecular complexity index is 699. The molecule has 2 aromatic heterocycles. The van der Waals surface area contributed by atoms with E-state index in [0.717, 1.165) is 23.7 Å². The number of hydrogen-bond acceptors (Lipinski definition) is 5. The summed E-state index contributed by atoms with van der Waals surface area (Å²) in [6.07, 6.45) is 7.29. The molecule has 0 aliphatic heterocycles. The van der Waals surface area contributed by atoms with Crippen molar-refractivity contribution < 1.29 is 4.79 Å². The minimum Gasteiger partial charge on any atom is -0.338 e. The Labute approximate surface area is 152 Å². The molecule has 0 saturated carbocycles. The fourth-order valence-electron chi connectivity index (χ4n) is 3.02. The third-order valence-corrected chi connectivity index (χ3v) is 5.65. The maximum absolute atomic E-state index is 12.3. The predicted molar refractivity (Wildman–Crippen MR) is 97.7 cm³/mol. The van der Waals surface area contributed by atoms with Gasteiger partial charge in [0.2, 0.25) is 0 Å². The second-order valence-corrected chi connectivity index (χ2v) is 7.94. The van der Waals surface area contributed by atoms with Gasteiger partial charge in [0.25, 0.3) is 0 Å². The number of carbonyl (C=O) groups is 1. The van der Waals surface area contributed by atoms with E-state index in [0.29, 0.717) is 13.1 Å². The lowest BCUT2D eigenvalue weighted by atomic mass is 10.0. The van der Waals surface area contributed by atoms with Gasteiger partial charge in [-0.15, -0.1) is 21.5 Å². The average Bonchev–Trinajstić information content (AvgIpc) is 3.20. The summed E-state index contributed by atoms with van der Waals surface area (Å²) in [6.45, 7) is 5.18. The summed E-state index contributed by atoms with van der Waals surface area (Å²) in [7, 11) is 1.77. The van der Waals surface area contributed by atoms with Crippen molar-refractivity contribution in [1.82, 2.24) is 30.0 Å². The zero-order valence-electron chi connectivity index (χ0n) is 15.2. The van der Waals surface area contributed by atoms with Crippen LogP contribution in [0.2, 0.25) is 0 Å². The molecule has 7 nitrogen and oxygen atoms in total. The number of rotatable bonds is 6. The van der Waals surface area contributed by atoms with Crippen LogP contribution in [0, 0.1) is 0 Å². The number of hydrogen-bond donors (Lipinski definition) is 1. The van der Waals surface area contributed by atoms with Gasteiger partial charge in [-0.3, -0.25) is 0 Å². The van der Waals surface area contributed by atoms with E-state index >= 15 is 0 Å². The van der Waals surface area contributed by atoms with Crippen molar-refractivity contribution in [3.05, 3.63) is 27.7 Å². The van der Waals surface area contributed by atoms with E-state index in [-0.39, 0.29) is 12.1 Å². The second-order valence-electron chi connectivity index (χ2n) is 6.77. The molecule has 0 spiro atoms. The van der Waals surface area contributed by atoms with Crippen LogP contribution >= 0.6 is 11.3 Å². The van der Waals surface area contributed by atoms with Gasteiger partial charge in [-0.05, 0) is 39.5 Å². The number of carbonyl (C=O) groups excluding carboxylic acids is 1. The lowest BCUT2D eigenvalue weighted by molar-refractivity contribution is 0.205. The summed E-state index contributed by atoms with van der Waals surface area (Å²) < 4.78 is 1.98. The minimum atomic E-state index is -0.0976. The Morgan fingerprint density at radius 3 is 2.96 bits per heavy atom. The van der Waals surface area contributed by atoms with Crippen LogP contribution in [0.15, 0.2) is 6.33 Å².